The Morgan fingerprint density at radius 2 is 1.84 bits per heavy atom. The van der Waals surface area contributed by atoms with Crippen LogP contribution in [0.4, 0.5) is 4.79 Å². The number of ether oxygens (including phenoxy) is 1. The van der Waals surface area contributed by atoms with Crippen molar-refractivity contribution in [3.05, 3.63) is 35.9 Å². The summed E-state index contributed by atoms with van der Waals surface area (Å²) in [6.07, 6.45) is -1.03. The van der Waals surface area contributed by atoms with Gasteiger partial charge in [-0.3, -0.25) is 9.80 Å². The molecule has 0 radical (unpaired) electrons. The van der Waals surface area contributed by atoms with E-state index in [1.807, 2.05) is 0 Å². The first-order chi connectivity index (χ1) is 11.1. The molecule has 2 aliphatic heterocycles. The predicted octanol–water partition coefficient (Wildman–Crippen LogP) is -6.46. The zero-order valence-corrected chi connectivity index (χ0v) is 21.8. The number of carboxylic acid groups (broad SMARTS) is 2. The first kappa shape index (κ1) is 26.6. The van der Waals surface area contributed by atoms with E-state index in [4.69, 9.17) is 19.7 Å². The molecule has 2 heterocycles. The Labute approximate surface area is 235 Å². The quantitative estimate of drug-likeness (QED) is 0.471. The van der Waals surface area contributed by atoms with Gasteiger partial charge in [0.05, 0.1) is 13.2 Å². The van der Waals surface area contributed by atoms with Crippen LogP contribution in [0.15, 0.2) is 30.3 Å². The predicted molar refractivity (Wildman–Crippen MR) is 82.5 cm³/mol. The minimum Gasteiger partial charge on any atom is -0.652 e. The van der Waals surface area contributed by atoms with Crippen LogP contribution in [-0.2, 0) is 11.3 Å². The molecule has 25 heavy (non-hydrogen) atoms. The van der Waals surface area contributed by atoms with E-state index in [1.54, 1.807) is 0 Å². The smallest absolute Gasteiger partial charge is 0.652 e. The zero-order chi connectivity index (χ0) is 16.7. The molecule has 6 nitrogen and oxygen atoms in total. The van der Waals surface area contributed by atoms with Crippen molar-refractivity contribution in [2.24, 2.45) is 0 Å². The van der Waals surface area contributed by atoms with Crippen LogP contribution in [0.3, 0.4) is 0 Å². The van der Waals surface area contributed by atoms with Crippen LogP contribution < -0.4 is 113 Å². The molecule has 0 saturated carbocycles. The van der Waals surface area contributed by atoms with Crippen molar-refractivity contribution < 1.29 is 123 Å². The molecule has 2 fully saturated rings. The molecule has 0 aromatic heterocycles. The third-order valence-corrected chi connectivity index (χ3v) is 4.38. The fraction of sp³-hybridized carbons (Fsp3) is 0.588. The number of hydrogen-bond donors (Lipinski definition) is 0. The van der Waals surface area contributed by atoms with Crippen LogP contribution in [0.25, 0.3) is 0 Å². The molecule has 8 heteroatoms. The van der Waals surface area contributed by atoms with E-state index in [0.29, 0.717) is 6.04 Å². The van der Waals surface area contributed by atoms with Gasteiger partial charge in [-0.15, -0.1) is 0 Å². The largest absolute Gasteiger partial charge is 1.00 e. The first-order valence-electron chi connectivity index (χ1n) is 8.04. The second-order valence-electron chi connectivity index (χ2n) is 6.07. The number of carbonyl (C=O) groups excluding carboxylic acids is 1. The molecule has 3 rings (SSSR count). The van der Waals surface area contributed by atoms with E-state index in [0.717, 1.165) is 32.3 Å². The van der Waals surface area contributed by atoms with Crippen LogP contribution in [0.1, 0.15) is 18.9 Å². The van der Waals surface area contributed by atoms with Gasteiger partial charge in [-0.25, -0.2) is 0 Å². The Bertz CT molecular complexity index is 489. The summed E-state index contributed by atoms with van der Waals surface area (Å²) in [5.41, 5.74) is 1.43. The minimum absolute atomic E-state index is 0. The number of benzene rings is 1. The van der Waals surface area contributed by atoms with Crippen LogP contribution in [0, 0.1) is 0 Å². The third kappa shape index (κ3) is 10.1. The SMILES string of the molecule is C[C@H]1COCCN1[C@@H]1CCN(Cc2ccccc2)C1.O=C([O-])[O-].[K+].[K+]. The van der Waals surface area contributed by atoms with E-state index in [2.05, 4.69) is 47.1 Å². The summed E-state index contributed by atoms with van der Waals surface area (Å²) in [4.78, 5) is 13.6. The maximum absolute atomic E-state index is 8.33. The van der Waals surface area contributed by atoms with E-state index in [1.165, 1.54) is 25.1 Å². The molecule has 1 aromatic rings. The fourth-order valence-corrected chi connectivity index (χ4v) is 3.35. The van der Waals surface area contributed by atoms with Crippen molar-refractivity contribution in [3.63, 3.8) is 0 Å². The Morgan fingerprint density at radius 1 is 1.20 bits per heavy atom. The van der Waals surface area contributed by atoms with Crippen molar-refractivity contribution >= 4 is 6.16 Å². The summed E-state index contributed by atoms with van der Waals surface area (Å²) in [7, 11) is 0. The summed E-state index contributed by atoms with van der Waals surface area (Å²) in [5, 5.41) is 16.7. The Kier molecular flexibility index (Phi) is 15.6. The van der Waals surface area contributed by atoms with Gasteiger partial charge < -0.3 is 19.7 Å². The van der Waals surface area contributed by atoms with Crippen molar-refractivity contribution in [1.82, 2.24) is 9.80 Å². The monoisotopic (exact) mass is 398 g/mol. The number of hydrogen-bond acceptors (Lipinski definition) is 6. The number of nitrogens with zero attached hydrogens (tertiary/aromatic N) is 2. The summed E-state index contributed by atoms with van der Waals surface area (Å²) < 4.78 is 5.54. The molecule has 0 amide bonds. The average Bonchev–Trinajstić information content (AvgIpc) is 2.96. The van der Waals surface area contributed by atoms with E-state index in [-0.39, 0.29) is 103 Å². The fourth-order valence-electron chi connectivity index (χ4n) is 3.35. The normalized spacial score (nSPS) is 23.6. The second-order valence-corrected chi connectivity index (χ2v) is 6.07. The van der Waals surface area contributed by atoms with Gasteiger partial charge in [0.1, 0.15) is 0 Å². The topological polar surface area (TPSA) is 78.9 Å². The molecular formula is C17H24K2N2O4. The van der Waals surface area contributed by atoms with E-state index < -0.39 is 6.16 Å². The summed E-state index contributed by atoms with van der Waals surface area (Å²) >= 11 is 0. The van der Waals surface area contributed by atoms with Gasteiger partial charge in [-0.05, 0) is 25.1 Å². The maximum Gasteiger partial charge on any atom is 1.00 e. The van der Waals surface area contributed by atoms with Crippen LogP contribution in [0.5, 0.6) is 0 Å². The molecule has 0 unspecified atom stereocenters. The van der Waals surface area contributed by atoms with Crippen LogP contribution in [0.2, 0.25) is 0 Å². The maximum atomic E-state index is 8.33. The standard InChI is InChI=1S/C16H24N2O.CH2O3.2K/c1-14-13-19-10-9-18(14)16-7-8-17(12-16)11-15-5-3-2-4-6-15;2-1(3)4;;/h2-6,14,16H,7-13H2,1H3;(H2,2,3,4);;/q;;2*+1/p-2/t14-,16+;;;/m0.../s1. The molecule has 2 atom stereocenters. The molecule has 2 aliphatic rings. The molecule has 0 N–H and O–H groups in total. The Balaban J connectivity index is 0.000000874. The molecule has 2 saturated heterocycles. The summed E-state index contributed by atoms with van der Waals surface area (Å²) in [6, 6.07) is 12.1. The Morgan fingerprint density at radius 3 is 2.44 bits per heavy atom. The third-order valence-electron chi connectivity index (χ3n) is 4.38. The van der Waals surface area contributed by atoms with Crippen molar-refractivity contribution in [2.45, 2.75) is 32.0 Å². The van der Waals surface area contributed by atoms with Crippen molar-refractivity contribution in [3.8, 4) is 0 Å². The van der Waals surface area contributed by atoms with Gasteiger partial charge >= 0.3 is 103 Å². The van der Waals surface area contributed by atoms with Crippen LogP contribution >= 0.6 is 0 Å². The number of rotatable bonds is 3. The van der Waals surface area contributed by atoms with Gasteiger partial charge in [0.2, 0.25) is 0 Å². The number of morpholine rings is 1. The number of carbonyl (C=O) groups is 1. The van der Waals surface area contributed by atoms with Gasteiger partial charge in [0, 0.05) is 38.3 Å². The van der Waals surface area contributed by atoms with Gasteiger partial charge in [-0.1, -0.05) is 30.3 Å². The van der Waals surface area contributed by atoms with Gasteiger partial charge in [0.25, 0.3) is 0 Å². The molecule has 1 aromatic carbocycles. The average molecular weight is 399 g/mol. The summed E-state index contributed by atoms with van der Waals surface area (Å²) in [5.74, 6) is 0. The molecule has 0 aliphatic carbocycles. The van der Waals surface area contributed by atoms with E-state index >= 15 is 0 Å². The first-order valence-corrected chi connectivity index (χ1v) is 8.04. The van der Waals surface area contributed by atoms with E-state index in [9.17, 15) is 0 Å². The molecular weight excluding hydrogens is 374 g/mol. The number of likely N-dealkylation sites (tertiary alicyclic amines) is 1. The van der Waals surface area contributed by atoms with Crippen LogP contribution in [-0.4, -0.2) is 60.9 Å². The molecule has 128 valence electrons. The second kappa shape index (κ2) is 14.6. The van der Waals surface area contributed by atoms with Gasteiger partial charge in [-0.2, -0.15) is 0 Å². The molecule has 0 spiro atoms. The van der Waals surface area contributed by atoms with Crippen molar-refractivity contribution in [1.29, 1.82) is 0 Å². The summed E-state index contributed by atoms with van der Waals surface area (Å²) in [6.45, 7) is 8.72. The minimum atomic E-state index is -2.33. The Hall–Kier alpha value is 1.64. The zero-order valence-electron chi connectivity index (χ0n) is 15.5. The van der Waals surface area contributed by atoms with Crippen molar-refractivity contribution in [2.75, 3.05) is 32.8 Å². The molecule has 0 bridgehead atoms. The van der Waals surface area contributed by atoms with Gasteiger partial charge in [0.15, 0.2) is 0 Å².